The molecule has 0 bridgehead atoms. The maximum atomic E-state index is 12.6. The maximum Gasteiger partial charge on any atom is 0.508 e. The fourth-order valence-electron chi connectivity index (χ4n) is 0.502. The van der Waals surface area contributed by atoms with Gasteiger partial charge in [-0.25, -0.2) is 9.18 Å². The van der Waals surface area contributed by atoms with Crippen molar-refractivity contribution in [3.8, 4) is 0 Å². The molecule has 0 radical (unpaired) electrons. The Labute approximate surface area is 51.7 Å². The van der Waals surface area contributed by atoms with Crippen LogP contribution in [0.1, 0.15) is 6.92 Å². The van der Waals surface area contributed by atoms with Crippen molar-refractivity contribution in [3.05, 3.63) is 0 Å². The largest absolute Gasteiger partial charge is 0.508 e. The smallest absolute Gasteiger partial charge is 0.431 e. The Morgan fingerprint density at radius 2 is 2.00 bits per heavy atom. The number of halogens is 1. The summed E-state index contributed by atoms with van der Waals surface area (Å²) >= 11 is 0. The first kappa shape index (κ1) is 6.32. The molecule has 0 spiro atoms. The normalized spacial score (nSPS) is 24.4. The zero-order chi connectivity index (χ0) is 6.91. The molecule has 0 saturated carbocycles. The molecule has 0 aliphatic carbocycles. The average Bonchev–Trinajstić information content (AvgIpc) is 1.78. The number of cyclic esters (lactones) is 2. The summed E-state index contributed by atoms with van der Waals surface area (Å²) in [6.07, 6.45) is -0.787. The third-order valence-corrected chi connectivity index (χ3v) is 0.982. The van der Waals surface area contributed by atoms with E-state index in [1.807, 2.05) is 0 Å². The van der Waals surface area contributed by atoms with Crippen LogP contribution in [0.15, 0.2) is 0 Å². The predicted molar refractivity (Wildman–Crippen MR) is 26.8 cm³/mol. The molecule has 1 saturated heterocycles. The van der Waals surface area contributed by atoms with Crippen LogP contribution in [0, 0.1) is 0 Å². The van der Waals surface area contributed by atoms with Gasteiger partial charge < -0.3 is 9.47 Å². The zero-order valence-electron chi connectivity index (χ0n) is 5.02. The molecule has 1 aliphatic heterocycles. The number of hydrogen-bond donors (Lipinski definition) is 0. The molecule has 0 unspecified atom stereocenters. The van der Waals surface area contributed by atoms with Crippen molar-refractivity contribution in [3.63, 3.8) is 0 Å². The highest BCUT2D eigenvalue weighted by Gasteiger charge is 2.32. The van der Waals surface area contributed by atoms with Crippen LogP contribution in [-0.2, 0) is 9.47 Å². The predicted octanol–water partition coefficient (Wildman–Crippen LogP) is 0.881. The molecule has 0 aromatic carbocycles. The first-order valence-corrected chi connectivity index (χ1v) is 2.59. The summed E-state index contributed by atoms with van der Waals surface area (Å²) in [5.74, 6) is 0. The second kappa shape index (κ2) is 1.86. The van der Waals surface area contributed by atoms with Gasteiger partial charge in [-0.15, -0.1) is 0 Å². The van der Waals surface area contributed by atoms with Crippen LogP contribution < -0.4 is 0 Å². The van der Waals surface area contributed by atoms with Crippen LogP contribution in [0.3, 0.4) is 0 Å². The number of ether oxygens (including phenoxy) is 2. The van der Waals surface area contributed by atoms with Gasteiger partial charge in [0.1, 0.15) is 13.2 Å². The second-order valence-corrected chi connectivity index (χ2v) is 2.24. The fraction of sp³-hybridized carbons (Fsp3) is 0.800. The lowest BCUT2D eigenvalue weighted by molar-refractivity contribution is -0.0667. The number of rotatable bonds is 0. The van der Waals surface area contributed by atoms with E-state index in [1.165, 1.54) is 6.92 Å². The summed E-state index contributed by atoms with van der Waals surface area (Å²) in [6, 6.07) is 0. The van der Waals surface area contributed by atoms with E-state index in [9.17, 15) is 9.18 Å². The molecular weight excluding hydrogens is 127 g/mol. The van der Waals surface area contributed by atoms with Gasteiger partial charge in [-0.05, 0) is 6.92 Å². The highest BCUT2D eigenvalue weighted by atomic mass is 19.1. The quantitative estimate of drug-likeness (QED) is 0.461. The fourth-order valence-corrected chi connectivity index (χ4v) is 0.502. The van der Waals surface area contributed by atoms with Crippen LogP contribution in [0.25, 0.3) is 0 Å². The van der Waals surface area contributed by atoms with E-state index in [4.69, 9.17) is 0 Å². The van der Waals surface area contributed by atoms with E-state index in [1.54, 1.807) is 0 Å². The van der Waals surface area contributed by atoms with Gasteiger partial charge >= 0.3 is 6.16 Å². The zero-order valence-corrected chi connectivity index (χ0v) is 5.02. The molecule has 0 atom stereocenters. The van der Waals surface area contributed by atoms with Gasteiger partial charge in [0.15, 0.2) is 5.67 Å². The number of carbonyl (C=O) groups is 1. The second-order valence-electron chi connectivity index (χ2n) is 2.24. The monoisotopic (exact) mass is 134 g/mol. The minimum atomic E-state index is -1.51. The van der Waals surface area contributed by atoms with Crippen molar-refractivity contribution in [1.29, 1.82) is 0 Å². The molecular formula is C5H7FO3. The van der Waals surface area contributed by atoms with Gasteiger partial charge in [0.2, 0.25) is 0 Å². The summed E-state index contributed by atoms with van der Waals surface area (Å²) in [7, 11) is 0. The molecule has 1 fully saturated rings. The molecule has 1 aliphatic rings. The maximum absolute atomic E-state index is 12.6. The van der Waals surface area contributed by atoms with Gasteiger partial charge in [-0.1, -0.05) is 0 Å². The Morgan fingerprint density at radius 1 is 1.56 bits per heavy atom. The van der Waals surface area contributed by atoms with Gasteiger partial charge in [-0.2, -0.15) is 0 Å². The molecule has 3 nitrogen and oxygen atoms in total. The summed E-state index contributed by atoms with van der Waals surface area (Å²) in [4.78, 5) is 10.1. The number of hydrogen-bond acceptors (Lipinski definition) is 3. The third kappa shape index (κ3) is 1.55. The van der Waals surface area contributed by atoms with E-state index in [0.29, 0.717) is 0 Å². The number of carbonyl (C=O) groups excluding carboxylic acids is 1. The molecule has 0 aromatic heterocycles. The van der Waals surface area contributed by atoms with E-state index in [-0.39, 0.29) is 13.2 Å². The number of alkyl halides is 1. The molecule has 4 heteroatoms. The average molecular weight is 134 g/mol. The molecule has 0 amide bonds. The van der Waals surface area contributed by atoms with Gasteiger partial charge in [0.25, 0.3) is 0 Å². The SMILES string of the molecule is CC1(F)COC(=O)OC1. The molecule has 0 N–H and O–H groups in total. The Hall–Kier alpha value is -0.800. The van der Waals surface area contributed by atoms with Crippen molar-refractivity contribution in [1.82, 2.24) is 0 Å². The topological polar surface area (TPSA) is 35.5 Å². The first-order chi connectivity index (χ1) is 4.10. The van der Waals surface area contributed by atoms with E-state index < -0.39 is 11.8 Å². The lowest BCUT2D eigenvalue weighted by Crippen LogP contribution is -2.38. The highest BCUT2D eigenvalue weighted by Crippen LogP contribution is 2.15. The Morgan fingerprint density at radius 3 is 2.33 bits per heavy atom. The Balaban J connectivity index is 2.44. The van der Waals surface area contributed by atoms with Gasteiger partial charge in [0.05, 0.1) is 0 Å². The minimum Gasteiger partial charge on any atom is -0.431 e. The van der Waals surface area contributed by atoms with E-state index in [2.05, 4.69) is 9.47 Å². The van der Waals surface area contributed by atoms with Crippen molar-refractivity contribution in [2.24, 2.45) is 0 Å². The highest BCUT2D eigenvalue weighted by molar-refractivity contribution is 5.60. The van der Waals surface area contributed by atoms with Crippen molar-refractivity contribution >= 4 is 6.16 Å². The van der Waals surface area contributed by atoms with Gasteiger partial charge in [0, 0.05) is 0 Å². The van der Waals surface area contributed by atoms with E-state index >= 15 is 0 Å². The van der Waals surface area contributed by atoms with Crippen molar-refractivity contribution < 1.29 is 18.7 Å². The summed E-state index contributed by atoms with van der Waals surface area (Å²) in [5, 5.41) is 0. The van der Waals surface area contributed by atoms with Crippen LogP contribution >= 0.6 is 0 Å². The van der Waals surface area contributed by atoms with Crippen LogP contribution in [0.4, 0.5) is 9.18 Å². The lowest BCUT2D eigenvalue weighted by Gasteiger charge is -2.23. The van der Waals surface area contributed by atoms with E-state index in [0.717, 1.165) is 0 Å². The van der Waals surface area contributed by atoms with Crippen LogP contribution in [0.2, 0.25) is 0 Å². The molecule has 52 valence electrons. The molecule has 9 heavy (non-hydrogen) atoms. The van der Waals surface area contributed by atoms with Crippen molar-refractivity contribution in [2.45, 2.75) is 12.6 Å². The Kier molecular flexibility index (Phi) is 1.31. The molecule has 1 rings (SSSR count). The molecule has 1 heterocycles. The summed E-state index contributed by atoms with van der Waals surface area (Å²) in [5.41, 5.74) is -1.51. The van der Waals surface area contributed by atoms with Crippen molar-refractivity contribution in [2.75, 3.05) is 13.2 Å². The van der Waals surface area contributed by atoms with Crippen LogP contribution in [-0.4, -0.2) is 25.0 Å². The summed E-state index contributed by atoms with van der Waals surface area (Å²) in [6.45, 7) is 0.914. The standard InChI is InChI=1S/C5H7FO3/c1-5(6)2-8-4(7)9-3-5/h2-3H2,1H3. The van der Waals surface area contributed by atoms with Gasteiger partial charge in [-0.3, -0.25) is 0 Å². The lowest BCUT2D eigenvalue weighted by atomic mass is 10.2. The molecule has 0 aromatic rings. The minimum absolute atomic E-state index is 0.203. The third-order valence-electron chi connectivity index (χ3n) is 0.982. The first-order valence-electron chi connectivity index (χ1n) is 2.59. The summed E-state index contributed by atoms with van der Waals surface area (Å²) < 4.78 is 21.2. The Bertz CT molecular complexity index is 120. The van der Waals surface area contributed by atoms with Crippen LogP contribution in [0.5, 0.6) is 0 Å².